The van der Waals surface area contributed by atoms with Crippen molar-refractivity contribution in [2.75, 3.05) is 12.3 Å². The van der Waals surface area contributed by atoms with E-state index in [2.05, 4.69) is 37.4 Å². The molecule has 1 atom stereocenters. The number of benzene rings is 1. The van der Waals surface area contributed by atoms with Gasteiger partial charge in [0.1, 0.15) is 0 Å². The molecule has 0 saturated heterocycles. The molecule has 1 heterocycles. The Morgan fingerprint density at radius 2 is 2.33 bits per heavy atom. The molecule has 2 heteroatoms. The summed E-state index contributed by atoms with van der Waals surface area (Å²) in [4.78, 5) is 1.48. The minimum Gasteiger partial charge on any atom is -0.310 e. The maximum Gasteiger partial charge on any atom is 0.0331 e. The van der Waals surface area contributed by atoms with E-state index in [0.29, 0.717) is 6.04 Å². The third-order valence-electron chi connectivity index (χ3n) is 2.89. The highest BCUT2D eigenvalue weighted by molar-refractivity contribution is 7.99. The van der Waals surface area contributed by atoms with Crippen LogP contribution in [0, 0.1) is 6.92 Å². The Kier molecular flexibility index (Phi) is 3.71. The lowest BCUT2D eigenvalue weighted by atomic mass is 10.0. The maximum atomic E-state index is 3.59. The van der Waals surface area contributed by atoms with Gasteiger partial charge in [-0.3, -0.25) is 0 Å². The fourth-order valence-corrected chi connectivity index (χ4v) is 3.22. The van der Waals surface area contributed by atoms with E-state index in [-0.39, 0.29) is 0 Å². The van der Waals surface area contributed by atoms with Crippen molar-refractivity contribution >= 4 is 11.8 Å². The summed E-state index contributed by atoms with van der Waals surface area (Å²) in [6.07, 6.45) is 2.59. The number of rotatable bonds is 2. The molecule has 0 bridgehead atoms. The molecular weight excluding hydrogens is 202 g/mol. The van der Waals surface area contributed by atoms with Crippen LogP contribution in [0.4, 0.5) is 0 Å². The first-order valence-corrected chi connectivity index (χ1v) is 6.76. The molecule has 0 amide bonds. The van der Waals surface area contributed by atoms with Crippen LogP contribution in [0.1, 0.15) is 36.9 Å². The summed E-state index contributed by atoms with van der Waals surface area (Å²) in [5.41, 5.74) is 2.89. The van der Waals surface area contributed by atoms with Crippen molar-refractivity contribution in [1.29, 1.82) is 0 Å². The van der Waals surface area contributed by atoms with Gasteiger partial charge in [-0.2, -0.15) is 0 Å². The minimum atomic E-state index is 0.569. The van der Waals surface area contributed by atoms with E-state index in [1.807, 2.05) is 11.8 Å². The summed E-state index contributed by atoms with van der Waals surface area (Å²) >= 11 is 2.01. The van der Waals surface area contributed by atoms with Crippen LogP contribution in [0.2, 0.25) is 0 Å². The van der Waals surface area contributed by atoms with Crippen LogP contribution in [-0.2, 0) is 0 Å². The van der Waals surface area contributed by atoms with Gasteiger partial charge in [0.05, 0.1) is 0 Å². The van der Waals surface area contributed by atoms with Crippen LogP contribution in [0.15, 0.2) is 23.1 Å². The summed E-state index contributed by atoms with van der Waals surface area (Å²) < 4.78 is 0. The second-order valence-corrected chi connectivity index (χ2v) is 5.28. The Hall–Kier alpha value is -0.470. The van der Waals surface area contributed by atoms with Gasteiger partial charge in [-0.25, -0.2) is 0 Å². The summed E-state index contributed by atoms with van der Waals surface area (Å²) in [6, 6.07) is 7.42. The highest BCUT2D eigenvalue weighted by atomic mass is 32.2. The predicted molar refractivity (Wildman–Crippen MR) is 67.6 cm³/mol. The van der Waals surface area contributed by atoms with Gasteiger partial charge < -0.3 is 5.32 Å². The summed E-state index contributed by atoms with van der Waals surface area (Å²) in [7, 11) is 0. The van der Waals surface area contributed by atoms with Crippen molar-refractivity contribution in [2.24, 2.45) is 0 Å². The van der Waals surface area contributed by atoms with Crippen molar-refractivity contribution < 1.29 is 0 Å². The maximum absolute atomic E-state index is 3.59. The number of aryl methyl sites for hydroxylation is 1. The average molecular weight is 221 g/mol. The van der Waals surface area contributed by atoms with Gasteiger partial charge >= 0.3 is 0 Å². The molecule has 1 unspecified atom stereocenters. The molecule has 0 aromatic heterocycles. The first kappa shape index (κ1) is 11.0. The molecule has 15 heavy (non-hydrogen) atoms. The Bertz CT molecular complexity index is 335. The highest BCUT2D eigenvalue weighted by Gasteiger charge is 2.17. The molecule has 1 aromatic rings. The van der Waals surface area contributed by atoms with Crippen molar-refractivity contribution in [1.82, 2.24) is 5.32 Å². The van der Waals surface area contributed by atoms with E-state index in [1.54, 1.807) is 0 Å². The van der Waals surface area contributed by atoms with Crippen LogP contribution in [-0.4, -0.2) is 12.3 Å². The second-order valence-electron chi connectivity index (χ2n) is 4.14. The van der Waals surface area contributed by atoms with Gasteiger partial charge in [0.15, 0.2) is 0 Å². The van der Waals surface area contributed by atoms with Crippen molar-refractivity contribution in [3.8, 4) is 0 Å². The zero-order valence-corrected chi connectivity index (χ0v) is 10.4. The quantitative estimate of drug-likeness (QED) is 0.820. The lowest BCUT2D eigenvalue weighted by Crippen LogP contribution is -2.20. The third kappa shape index (κ3) is 2.56. The van der Waals surface area contributed by atoms with Gasteiger partial charge in [-0.05, 0) is 43.7 Å². The number of thioether (sulfide) groups is 1. The van der Waals surface area contributed by atoms with Crippen LogP contribution >= 0.6 is 11.8 Å². The largest absolute Gasteiger partial charge is 0.310 e. The zero-order chi connectivity index (χ0) is 10.7. The molecule has 0 saturated carbocycles. The Morgan fingerprint density at radius 3 is 3.13 bits per heavy atom. The van der Waals surface area contributed by atoms with Crippen LogP contribution in [0.3, 0.4) is 0 Å². The SMILES string of the molecule is CCNC1CCCSc2ccc(C)cc21. The van der Waals surface area contributed by atoms with Crippen LogP contribution < -0.4 is 5.32 Å². The average Bonchev–Trinajstić information content (AvgIpc) is 2.42. The molecule has 1 aliphatic rings. The van der Waals surface area contributed by atoms with Crippen LogP contribution in [0.25, 0.3) is 0 Å². The van der Waals surface area contributed by atoms with Crippen molar-refractivity contribution in [3.05, 3.63) is 29.3 Å². The van der Waals surface area contributed by atoms with Crippen molar-refractivity contribution in [2.45, 2.75) is 37.6 Å². The van der Waals surface area contributed by atoms with Crippen molar-refractivity contribution in [3.63, 3.8) is 0 Å². The number of nitrogens with one attached hydrogen (secondary N) is 1. The summed E-state index contributed by atoms with van der Waals surface area (Å²) in [5.74, 6) is 1.26. The molecule has 1 N–H and O–H groups in total. The van der Waals surface area contributed by atoms with E-state index in [0.717, 1.165) is 6.54 Å². The van der Waals surface area contributed by atoms with Gasteiger partial charge in [0.25, 0.3) is 0 Å². The topological polar surface area (TPSA) is 12.0 Å². The zero-order valence-electron chi connectivity index (χ0n) is 9.55. The Balaban J connectivity index is 2.33. The highest BCUT2D eigenvalue weighted by Crippen LogP contribution is 2.35. The molecule has 1 nitrogen and oxygen atoms in total. The fraction of sp³-hybridized carbons (Fsp3) is 0.538. The van der Waals surface area contributed by atoms with Gasteiger partial charge in [-0.1, -0.05) is 24.6 Å². The summed E-state index contributed by atoms with van der Waals surface area (Å²) in [5, 5.41) is 3.59. The molecule has 1 aliphatic heterocycles. The predicted octanol–water partition coefficient (Wildman–Crippen LogP) is 3.53. The number of hydrogen-bond acceptors (Lipinski definition) is 2. The van der Waals surface area contributed by atoms with E-state index in [1.165, 1.54) is 34.6 Å². The molecule has 82 valence electrons. The molecule has 0 fully saturated rings. The molecule has 1 aromatic carbocycles. The van der Waals surface area contributed by atoms with E-state index >= 15 is 0 Å². The van der Waals surface area contributed by atoms with E-state index in [4.69, 9.17) is 0 Å². The number of hydrogen-bond donors (Lipinski definition) is 1. The standard InChI is InChI=1S/C13H19NS/c1-3-14-12-5-4-8-15-13-7-6-10(2)9-11(12)13/h6-7,9,12,14H,3-5,8H2,1-2H3. The Labute approximate surface area is 96.7 Å². The van der Waals surface area contributed by atoms with Gasteiger partial charge in [-0.15, -0.1) is 11.8 Å². The third-order valence-corrected chi connectivity index (χ3v) is 4.06. The first-order valence-electron chi connectivity index (χ1n) is 5.78. The van der Waals surface area contributed by atoms with Gasteiger partial charge in [0, 0.05) is 10.9 Å². The molecule has 0 spiro atoms. The van der Waals surface area contributed by atoms with E-state index in [9.17, 15) is 0 Å². The molecule has 2 rings (SSSR count). The lowest BCUT2D eigenvalue weighted by Gasteiger charge is -2.18. The van der Waals surface area contributed by atoms with Gasteiger partial charge in [0.2, 0.25) is 0 Å². The molecular formula is C13H19NS. The summed E-state index contributed by atoms with van der Waals surface area (Å²) in [6.45, 7) is 5.43. The monoisotopic (exact) mass is 221 g/mol. The minimum absolute atomic E-state index is 0.569. The first-order chi connectivity index (χ1) is 7.31. The fourth-order valence-electron chi connectivity index (χ4n) is 2.16. The lowest BCUT2D eigenvalue weighted by molar-refractivity contribution is 0.508. The number of fused-ring (bicyclic) bond motifs is 1. The second kappa shape index (κ2) is 5.04. The van der Waals surface area contributed by atoms with Crippen LogP contribution in [0.5, 0.6) is 0 Å². The van der Waals surface area contributed by atoms with E-state index < -0.39 is 0 Å². The normalized spacial score (nSPS) is 20.8. The molecule has 0 aliphatic carbocycles. The smallest absolute Gasteiger partial charge is 0.0331 e. The molecule has 0 radical (unpaired) electrons. The Morgan fingerprint density at radius 1 is 1.47 bits per heavy atom.